The molecule has 0 atom stereocenters. The normalized spacial score (nSPS) is 10.8. The summed E-state index contributed by atoms with van der Waals surface area (Å²) in [5, 5.41) is 9.64. The second kappa shape index (κ2) is 7.29. The van der Waals surface area contributed by atoms with Gasteiger partial charge in [0.15, 0.2) is 10.6 Å². The molecule has 0 aliphatic carbocycles. The molecule has 0 saturated heterocycles. The van der Waals surface area contributed by atoms with Crippen molar-refractivity contribution in [2.45, 2.75) is 13.1 Å². The Hall–Kier alpha value is -1.96. The Balaban J connectivity index is 1.74. The quantitative estimate of drug-likeness (QED) is 0.683. The summed E-state index contributed by atoms with van der Waals surface area (Å²) >= 11 is 12.7. The number of aromatic nitrogens is 3. The predicted octanol–water partition coefficient (Wildman–Crippen LogP) is 3.98. The average Bonchev–Trinajstić information content (AvgIpc) is 3.20. The fourth-order valence-corrected chi connectivity index (χ4v) is 3.31. The number of benzene rings is 1. The molecule has 0 spiro atoms. The molecule has 0 aliphatic heterocycles. The first kappa shape index (κ1) is 16.9. The monoisotopic (exact) mass is 378 g/mol. The molecule has 1 amide bonds. The van der Waals surface area contributed by atoms with Gasteiger partial charge in [0.2, 0.25) is 5.91 Å². The summed E-state index contributed by atoms with van der Waals surface area (Å²) in [7, 11) is 1.77. The number of halogens is 1. The number of rotatable bonds is 5. The molecule has 3 rings (SSSR count). The van der Waals surface area contributed by atoms with Gasteiger partial charge >= 0.3 is 0 Å². The van der Waals surface area contributed by atoms with Crippen molar-refractivity contribution in [3.05, 3.63) is 57.1 Å². The largest absolute Gasteiger partial charge is 0.340 e. The van der Waals surface area contributed by atoms with Crippen molar-refractivity contribution in [1.29, 1.82) is 0 Å². The number of nitrogens with one attached hydrogen (secondary N) is 1. The molecule has 0 fully saturated rings. The van der Waals surface area contributed by atoms with E-state index >= 15 is 0 Å². The SMILES string of the molecule is CN(Cc1ccc(Cl)cc1)C(=O)Cn1c(-c2cccs2)n[nH]c1=S. The van der Waals surface area contributed by atoms with Gasteiger partial charge in [-0.3, -0.25) is 14.5 Å². The Morgan fingerprint density at radius 3 is 2.79 bits per heavy atom. The number of thiophene rings is 1. The third kappa shape index (κ3) is 3.75. The topological polar surface area (TPSA) is 53.9 Å². The van der Waals surface area contributed by atoms with E-state index in [2.05, 4.69) is 10.2 Å². The highest BCUT2D eigenvalue weighted by Gasteiger charge is 2.16. The standard InChI is InChI=1S/C16H15ClN4OS2/c1-20(9-11-4-6-12(17)7-5-11)14(22)10-21-15(18-19-16(21)23)13-3-2-8-24-13/h2-8H,9-10H2,1H3,(H,19,23). The minimum absolute atomic E-state index is 0.0414. The molecule has 1 aromatic carbocycles. The Bertz CT molecular complexity index is 884. The first-order valence-electron chi connectivity index (χ1n) is 7.22. The van der Waals surface area contributed by atoms with Crippen molar-refractivity contribution in [3.63, 3.8) is 0 Å². The molecule has 0 unspecified atom stereocenters. The van der Waals surface area contributed by atoms with Gasteiger partial charge < -0.3 is 4.90 Å². The van der Waals surface area contributed by atoms with Crippen LogP contribution in [0, 0.1) is 4.77 Å². The van der Waals surface area contributed by atoms with E-state index < -0.39 is 0 Å². The van der Waals surface area contributed by atoms with Gasteiger partial charge in [-0.25, -0.2) is 0 Å². The first-order valence-corrected chi connectivity index (χ1v) is 8.88. The fraction of sp³-hybridized carbons (Fsp3) is 0.188. The molecule has 24 heavy (non-hydrogen) atoms. The third-order valence-electron chi connectivity index (χ3n) is 3.55. The maximum Gasteiger partial charge on any atom is 0.242 e. The number of carbonyl (C=O) groups excluding carboxylic acids is 1. The number of H-pyrrole nitrogens is 1. The molecule has 1 N–H and O–H groups in total. The third-order valence-corrected chi connectivity index (χ3v) is 4.98. The van der Waals surface area contributed by atoms with Crippen molar-refractivity contribution in [3.8, 4) is 10.7 Å². The minimum Gasteiger partial charge on any atom is -0.340 e. The number of nitrogens with zero attached hydrogens (tertiary/aromatic N) is 3. The maximum atomic E-state index is 12.6. The van der Waals surface area contributed by atoms with Crippen LogP contribution >= 0.6 is 35.2 Å². The molecular weight excluding hydrogens is 364 g/mol. The van der Waals surface area contributed by atoms with Crippen LogP contribution < -0.4 is 0 Å². The van der Waals surface area contributed by atoms with Gasteiger partial charge in [-0.1, -0.05) is 29.8 Å². The number of aromatic amines is 1. The van der Waals surface area contributed by atoms with Crippen LogP contribution in [-0.2, 0) is 17.9 Å². The maximum absolute atomic E-state index is 12.6. The second-order valence-electron chi connectivity index (χ2n) is 5.29. The summed E-state index contributed by atoms with van der Waals surface area (Å²) in [6.45, 7) is 0.655. The Kier molecular flexibility index (Phi) is 5.13. The Morgan fingerprint density at radius 1 is 1.38 bits per heavy atom. The highest BCUT2D eigenvalue weighted by Crippen LogP contribution is 2.22. The van der Waals surface area contributed by atoms with Gasteiger partial charge in [0, 0.05) is 18.6 Å². The lowest BCUT2D eigenvalue weighted by molar-refractivity contribution is -0.131. The molecule has 2 aromatic heterocycles. The number of amides is 1. The zero-order valence-electron chi connectivity index (χ0n) is 12.9. The van der Waals surface area contributed by atoms with Crippen LogP contribution in [0.1, 0.15) is 5.56 Å². The first-order chi connectivity index (χ1) is 11.5. The van der Waals surface area contributed by atoms with Gasteiger partial charge in [0.1, 0.15) is 6.54 Å². The summed E-state index contributed by atoms with van der Waals surface area (Å²) in [6.07, 6.45) is 0. The Morgan fingerprint density at radius 2 is 2.12 bits per heavy atom. The zero-order chi connectivity index (χ0) is 17.1. The highest BCUT2D eigenvalue weighted by molar-refractivity contribution is 7.71. The van der Waals surface area contributed by atoms with Crippen molar-refractivity contribution >= 4 is 41.1 Å². The van der Waals surface area contributed by atoms with Crippen LogP contribution in [0.5, 0.6) is 0 Å². The van der Waals surface area contributed by atoms with Crippen molar-refractivity contribution in [2.24, 2.45) is 0 Å². The van der Waals surface area contributed by atoms with E-state index in [1.54, 1.807) is 27.9 Å². The summed E-state index contributed by atoms with van der Waals surface area (Å²) in [6, 6.07) is 11.3. The average molecular weight is 379 g/mol. The predicted molar refractivity (Wildman–Crippen MR) is 98.7 cm³/mol. The van der Waals surface area contributed by atoms with E-state index in [0.717, 1.165) is 10.4 Å². The molecule has 0 saturated carbocycles. The number of likely N-dealkylation sites (N-methyl/N-ethyl adjacent to an activating group) is 1. The smallest absolute Gasteiger partial charge is 0.242 e. The van der Waals surface area contributed by atoms with E-state index in [0.29, 0.717) is 22.2 Å². The molecule has 8 heteroatoms. The molecule has 3 aromatic rings. The lowest BCUT2D eigenvalue weighted by atomic mass is 10.2. The molecule has 0 radical (unpaired) electrons. The number of hydrogen-bond acceptors (Lipinski definition) is 4. The van der Waals surface area contributed by atoms with E-state index in [1.165, 1.54) is 0 Å². The number of carbonyl (C=O) groups is 1. The molecular formula is C16H15ClN4OS2. The summed E-state index contributed by atoms with van der Waals surface area (Å²) in [5.41, 5.74) is 1.02. The van der Waals surface area contributed by atoms with Gasteiger partial charge in [-0.2, -0.15) is 5.10 Å². The van der Waals surface area contributed by atoms with Crippen molar-refractivity contribution in [1.82, 2.24) is 19.7 Å². The molecule has 0 aliphatic rings. The highest BCUT2D eigenvalue weighted by atomic mass is 35.5. The lowest BCUT2D eigenvalue weighted by Gasteiger charge is -2.18. The van der Waals surface area contributed by atoms with Crippen LogP contribution in [0.3, 0.4) is 0 Å². The molecule has 0 bridgehead atoms. The van der Waals surface area contributed by atoms with Gasteiger partial charge in [0.25, 0.3) is 0 Å². The van der Waals surface area contributed by atoms with Crippen molar-refractivity contribution < 1.29 is 4.79 Å². The van der Waals surface area contributed by atoms with Crippen molar-refractivity contribution in [2.75, 3.05) is 7.05 Å². The van der Waals surface area contributed by atoms with Gasteiger partial charge in [0.05, 0.1) is 4.88 Å². The van der Waals surface area contributed by atoms with Crippen LogP contribution in [0.2, 0.25) is 5.02 Å². The fourth-order valence-electron chi connectivity index (χ4n) is 2.27. The van der Waals surface area contributed by atoms with E-state index in [4.69, 9.17) is 23.8 Å². The van der Waals surface area contributed by atoms with Crippen LogP contribution in [0.15, 0.2) is 41.8 Å². The number of hydrogen-bond donors (Lipinski definition) is 1. The van der Waals surface area contributed by atoms with Crippen LogP contribution in [0.4, 0.5) is 0 Å². The second-order valence-corrected chi connectivity index (χ2v) is 7.06. The molecule has 2 heterocycles. The molecule has 5 nitrogen and oxygen atoms in total. The van der Waals surface area contributed by atoms with E-state index in [1.807, 2.05) is 41.8 Å². The summed E-state index contributed by atoms with van der Waals surface area (Å²) < 4.78 is 2.16. The lowest BCUT2D eigenvalue weighted by Crippen LogP contribution is -2.30. The van der Waals surface area contributed by atoms with Crippen LogP contribution in [0.25, 0.3) is 10.7 Å². The summed E-state index contributed by atoms with van der Waals surface area (Å²) in [5.74, 6) is 0.642. The van der Waals surface area contributed by atoms with E-state index in [9.17, 15) is 4.79 Å². The van der Waals surface area contributed by atoms with Crippen LogP contribution in [-0.4, -0.2) is 32.6 Å². The zero-order valence-corrected chi connectivity index (χ0v) is 15.3. The minimum atomic E-state index is -0.0414. The Labute approximate surface area is 153 Å². The summed E-state index contributed by atoms with van der Waals surface area (Å²) in [4.78, 5) is 15.2. The molecule has 124 valence electrons. The van der Waals surface area contributed by atoms with E-state index in [-0.39, 0.29) is 12.5 Å². The van der Waals surface area contributed by atoms with Gasteiger partial charge in [-0.15, -0.1) is 11.3 Å². The van der Waals surface area contributed by atoms with Gasteiger partial charge in [-0.05, 0) is 41.4 Å².